The molecule has 4 unspecified atom stereocenters. The average Bonchev–Trinajstić information content (AvgIpc) is 1.65. The van der Waals surface area contributed by atoms with Gasteiger partial charge in [0.25, 0.3) is 0 Å². The lowest BCUT2D eigenvalue weighted by Crippen LogP contribution is -2.48. The van der Waals surface area contributed by atoms with Crippen LogP contribution >= 0.6 is 7.82 Å². The molecule has 4 atom stereocenters. The maximum absolute atomic E-state index is 12.1. The van der Waals surface area contributed by atoms with E-state index >= 15 is 0 Å². The Labute approximate surface area is 728 Å². The topological polar surface area (TPSA) is 115 Å². The maximum atomic E-state index is 12.1. The van der Waals surface area contributed by atoms with Crippen LogP contribution in [-0.2, 0) is 37.1 Å². The van der Waals surface area contributed by atoms with Gasteiger partial charge >= 0.3 is 7.82 Å². The molecule has 2 heterocycles. The van der Waals surface area contributed by atoms with Gasteiger partial charge in [0.2, 0.25) is 0 Å². The van der Waals surface area contributed by atoms with Crippen molar-refractivity contribution in [1.29, 1.82) is 0 Å². The van der Waals surface area contributed by atoms with Gasteiger partial charge in [0, 0.05) is 26.4 Å². The quantitative estimate of drug-likeness (QED) is 0.0270. The van der Waals surface area contributed by atoms with Crippen LogP contribution in [-0.4, -0.2) is 249 Å². The van der Waals surface area contributed by atoms with Crippen molar-refractivity contribution in [1.82, 2.24) is 19.6 Å². The highest BCUT2D eigenvalue weighted by atomic mass is 31.2. The molecule has 0 saturated carbocycles. The summed E-state index contributed by atoms with van der Waals surface area (Å²) in [5, 5.41) is 9.22. The Kier molecular flexibility index (Phi) is 95.4. The van der Waals surface area contributed by atoms with Gasteiger partial charge in [-0.2, -0.15) is 0 Å². The van der Waals surface area contributed by atoms with Crippen LogP contribution < -0.4 is 0 Å². The van der Waals surface area contributed by atoms with Crippen molar-refractivity contribution in [3.8, 4) is 0 Å². The third kappa shape index (κ3) is 95.9. The molecule has 0 spiro atoms. The fraction of sp³-hybridized carbons (Fsp3) is 1.00. The number of hydrogen-bond donors (Lipinski definition) is 1. The highest BCUT2D eigenvalue weighted by Crippen LogP contribution is 2.52. The van der Waals surface area contributed by atoms with Crippen LogP contribution in [0.2, 0.25) is 0 Å². The first kappa shape index (κ1) is 120. The van der Waals surface area contributed by atoms with Crippen LogP contribution in [0.4, 0.5) is 0 Å². The molecule has 702 valence electrons. The molecule has 0 aromatic carbocycles. The van der Waals surface area contributed by atoms with Gasteiger partial charge in [-0.3, -0.25) is 18.5 Å². The van der Waals surface area contributed by atoms with E-state index < -0.39 is 7.82 Å². The van der Waals surface area contributed by atoms with E-state index in [2.05, 4.69) is 81.9 Å². The Morgan fingerprint density at radius 2 is 0.526 bits per heavy atom. The van der Waals surface area contributed by atoms with Gasteiger partial charge in [0.15, 0.2) is 6.04 Å². The van der Waals surface area contributed by atoms with Gasteiger partial charge in [0.1, 0.15) is 13.2 Å². The Hall–Kier alpha value is -0.330. The van der Waals surface area contributed by atoms with E-state index in [0.29, 0.717) is 32.5 Å². The molecule has 1 N–H and O–H groups in total. The normalized spacial score (nSPS) is 15.1. The fourth-order valence-corrected chi connectivity index (χ4v) is 16.1. The van der Waals surface area contributed by atoms with Crippen LogP contribution in [0.3, 0.4) is 0 Å². The lowest BCUT2D eigenvalue weighted by Gasteiger charge is -2.32. The zero-order chi connectivity index (χ0) is 86.2. The van der Waals surface area contributed by atoms with Crippen molar-refractivity contribution in [2.45, 2.75) is 463 Å². The Bertz CT molecular complexity index is 1890. The van der Waals surface area contributed by atoms with Crippen molar-refractivity contribution in [2.75, 3.05) is 191 Å². The molecule has 0 bridgehead atoms. The number of phosphoric acid groups is 1. The molecule has 0 amide bonds. The molecular formula is C100H215N6O9P+2. The van der Waals surface area contributed by atoms with Crippen molar-refractivity contribution in [3.05, 3.63) is 0 Å². The van der Waals surface area contributed by atoms with Crippen molar-refractivity contribution in [2.24, 2.45) is 0 Å². The first-order chi connectivity index (χ1) is 56.1. The number of ether oxygens (including phenoxy) is 4. The van der Waals surface area contributed by atoms with E-state index in [1.165, 1.54) is 409 Å². The molecule has 2 aliphatic rings. The lowest BCUT2D eigenvalue weighted by atomic mass is 10.0. The Morgan fingerprint density at radius 3 is 0.724 bits per heavy atom. The van der Waals surface area contributed by atoms with E-state index in [-0.39, 0.29) is 25.3 Å². The van der Waals surface area contributed by atoms with E-state index in [9.17, 15) is 9.67 Å². The molecule has 2 saturated heterocycles. The summed E-state index contributed by atoms with van der Waals surface area (Å²) in [5.41, 5.74) is 0. The van der Waals surface area contributed by atoms with Gasteiger partial charge in [-0.1, -0.05) is 413 Å². The van der Waals surface area contributed by atoms with Crippen molar-refractivity contribution < 1.29 is 51.2 Å². The largest absolute Gasteiger partial charge is 0.475 e. The highest BCUT2D eigenvalue weighted by Gasteiger charge is 2.47. The summed E-state index contributed by atoms with van der Waals surface area (Å²) in [7, 11) is 26.3. The highest BCUT2D eigenvalue weighted by molar-refractivity contribution is 7.48. The smallest absolute Gasteiger partial charge is 0.395 e. The number of aliphatic hydroxyl groups is 1. The summed E-state index contributed by atoms with van der Waals surface area (Å²) in [6, 6.07) is 1.46. The fourth-order valence-electron chi connectivity index (χ4n) is 14.9. The number of hydrogen-bond acceptors (Lipinski definition) is 13. The van der Waals surface area contributed by atoms with Crippen LogP contribution in [0.1, 0.15) is 439 Å². The third-order valence-corrected chi connectivity index (χ3v) is 25.0. The predicted molar refractivity (Wildman–Crippen MR) is 510 cm³/mol. The molecule has 2 aliphatic heterocycles. The van der Waals surface area contributed by atoms with Gasteiger partial charge in [-0.15, -0.1) is 0 Å². The Morgan fingerprint density at radius 1 is 0.328 bits per heavy atom. The number of rotatable bonds is 85. The zero-order valence-corrected chi connectivity index (χ0v) is 83.2. The van der Waals surface area contributed by atoms with Gasteiger partial charge < -0.3 is 47.7 Å². The summed E-state index contributed by atoms with van der Waals surface area (Å²) >= 11 is 0. The number of phosphoric ester groups is 1. The molecule has 0 aliphatic carbocycles. The Balaban J connectivity index is -0.00000145. The minimum absolute atomic E-state index is 0.0367. The standard InChI is InChI=1S/C26H57N2O.C25H52NO5P.C23H49NO2.C23H48NO.C3H9N/c1-7-8-9-10-11-12-13-14-15-16-17-18-19-20-21-22-23-29-25-26(27(2)3)24-28(4,5)6;1-4-5-6-7-8-9-10-11-12-13-14-15-16-17-18-19-20-28-23-25(26(2)3)24-31-32(27)29-21-22-30-32;1-4-5-6-7-8-9-10-11-12-13-14-15-16-17-18-19-20-26-22-23(21-25)24(2)3;1-4-5-6-7-8-9-10-11-12-13-14-15-16-17-18-19-20-25-22-23-21-24(23,2)3;1-4(2)3/h26H,7-25H2,1-6H3;25H,4-24H2,1-3H3;23,25H,4-22H2,1-3H3;23H,4-22H2,1-3H3;1-3H3/q+1;;;+1;. The summed E-state index contributed by atoms with van der Waals surface area (Å²) in [4.78, 5) is 8.35. The first-order valence-electron chi connectivity index (χ1n) is 50.7. The predicted octanol–water partition coefficient (Wildman–Crippen LogP) is 27.4. The van der Waals surface area contributed by atoms with Gasteiger partial charge in [-0.05, 0) is 89.1 Å². The molecular weight excluding hydrogens is 1460 g/mol. The van der Waals surface area contributed by atoms with Crippen LogP contribution in [0.25, 0.3) is 0 Å². The van der Waals surface area contributed by atoms with Crippen molar-refractivity contribution in [3.63, 3.8) is 0 Å². The maximum Gasteiger partial charge on any atom is 0.475 e. The average molecular weight is 1680 g/mol. The second-order valence-corrected chi connectivity index (χ2v) is 40.1. The number of nitrogens with zero attached hydrogens (tertiary/aromatic N) is 6. The summed E-state index contributed by atoms with van der Waals surface area (Å²) in [6.07, 6.45) is 90.1. The van der Waals surface area contributed by atoms with Crippen molar-refractivity contribution >= 4 is 7.82 Å². The second-order valence-electron chi connectivity index (χ2n) is 38.4. The first-order valence-corrected chi connectivity index (χ1v) is 52.2. The van der Waals surface area contributed by atoms with E-state index in [1.54, 1.807) is 0 Å². The lowest BCUT2D eigenvalue weighted by molar-refractivity contribution is -0.872. The third-order valence-electron chi connectivity index (χ3n) is 23.5. The molecule has 116 heavy (non-hydrogen) atoms. The number of aliphatic hydroxyl groups excluding tert-OH is 1. The van der Waals surface area contributed by atoms with Crippen LogP contribution in [0.15, 0.2) is 0 Å². The van der Waals surface area contributed by atoms with E-state index in [4.69, 9.17) is 32.5 Å². The summed E-state index contributed by atoms with van der Waals surface area (Å²) in [5.74, 6) is 0. The minimum atomic E-state index is -3.32. The SMILES string of the molecule is CCCCCCCCCCCCCCCCCCOCC(CO)N(C)C.CCCCCCCCCCCCCCCCCCOCC(COP1(=O)OCCO1)N(C)C.CCCCCCCCCCCCCCCCCCOCC(C[N+](C)(C)C)N(C)C.CCCCCCCCCCCCCCCCCCOCC1C[N+]1(C)C.CN(C)C. The molecule has 0 aromatic rings. The van der Waals surface area contributed by atoms with Crippen LogP contribution in [0, 0.1) is 0 Å². The second kappa shape index (κ2) is 92.3. The van der Waals surface area contributed by atoms with Gasteiger partial charge in [-0.25, -0.2) is 4.57 Å². The zero-order valence-electron chi connectivity index (χ0n) is 82.3. The molecule has 16 heteroatoms. The monoisotopic (exact) mass is 1680 g/mol. The minimum Gasteiger partial charge on any atom is -0.395 e. The molecule has 0 radical (unpaired) electrons. The molecule has 2 fully saturated rings. The molecule has 15 nitrogen and oxygen atoms in total. The number of unbranched alkanes of at least 4 members (excludes halogenated alkanes) is 60. The number of quaternary nitrogens is 2. The van der Waals surface area contributed by atoms with Crippen LogP contribution in [0.5, 0.6) is 0 Å². The van der Waals surface area contributed by atoms with E-state index in [1.807, 2.05) is 64.0 Å². The summed E-state index contributed by atoms with van der Waals surface area (Å²) < 4.78 is 53.0. The molecule has 2 rings (SSSR count). The molecule has 0 aromatic heterocycles. The van der Waals surface area contributed by atoms with Gasteiger partial charge in [0.05, 0.1) is 106 Å². The summed E-state index contributed by atoms with van der Waals surface area (Å²) in [6.45, 7) is 19.3. The van der Waals surface area contributed by atoms with E-state index in [0.717, 1.165) is 69.6 Å². The number of likely N-dealkylation sites (N-methyl/N-ethyl adjacent to an activating group) is 5.